The van der Waals surface area contributed by atoms with Crippen molar-refractivity contribution in [2.45, 2.75) is 56.6 Å². The van der Waals surface area contributed by atoms with Gasteiger partial charge < -0.3 is 14.4 Å². The van der Waals surface area contributed by atoms with E-state index < -0.39 is 15.1 Å². The normalized spacial score (nSPS) is 21.0. The zero-order valence-electron chi connectivity index (χ0n) is 15.7. The molecule has 1 aromatic carbocycles. The Morgan fingerprint density at radius 2 is 1.93 bits per heavy atom. The maximum atomic E-state index is 13.0. The molecule has 0 aromatic heterocycles. The molecule has 1 fully saturated rings. The van der Waals surface area contributed by atoms with Crippen LogP contribution in [0.1, 0.15) is 45.1 Å². The van der Waals surface area contributed by atoms with Crippen LogP contribution in [0.4, 0.5) is 0 Å². The summed E-state index contributed by atoms with van der Waals surface area (Å²) >= 11 is 3.42. The standard InChI is InChI=1S/C19H26BrNO5S/c1-3-15-6-4-5-7-21(15)19(22)13(2)27(23,24)12-14-10-17-18(11-16(14)20)26-9-8-25-17/h10-11,13,15H,3-9,12H2,1-2H3/t13-,15-/m0/s1. The van der Waals surface area contributed by atoms with Crippen LogP contribution in [0.15, 0.2) is 16.6 Å². The molecular weight excluding hydrogens is 434 g/mol. The number of ether oxygens (including phenoxy) is 2. The second kappa shape index (κ2) is 8.39. The number of piperidine rings is 1. The van der Waals surface area contributed by atoms with E-state index in [1.807, 2.05) is 6.92 Å². The number of likely N-dealkylation sites (tertiary alicyclic amines) is 1. The van der Waals surface area contributed by atoms with Crippen molar-refractivity contribution in [3.05, 3.63) is 22.2 Å². The zero-order chi connectivity index (χ0) is 19.6. The van der Waals surface area contributed by atoms with E-state index >= 15 is 0 Å². The summed E-state index contributed by atoms with van der Waals surface area (Å²) in [4.78, 5) is 14.7. The first-order valence-electron chi connectivity index (χ1n) is 9.43. The Morgan fingerprint density at radius 3 is 2.59 bits per heavy atom. The lowest BCUT2D eigenvalue weighted by Gasteiger charge is -2.36. The fourth-order valence-corrected chi connectivity index (χ4v) is 5.67. The highest BCUT2D eigenvalue weighted by molar-refractivity contribution is 9.10. The first kappa shape index (κ1) is 20.5. The fourth-order valence-electron chi connectivity index (χ4n) is 3.66. The maximum Gasteiger partial charge on any atom is 0.240 e. The van der Waals surface area contributed by atoms with E-state index in [1.54, 1.807) is 17.0 Å². The molecule has 8 heteroatoms. The van der Waals surface area contributed by atoms with E-state index in [9.17, 15) is 13.2 Å². The lowest BCUT2D eigenvalue weighted by atomic mass is 10.00. The van der Waals surface area contributed by atoms with Crippen LogP contribution >= 0.6 is 15.9 Å². The molecule has 6 nitrogen and oxygen atoms in total. The molecule has 0 saturated carbocycles. The molecule has 1 amide bonds. The molecule has 0 bridgehead atoms. The molecule has 0 aliphatic carbocycles. The van der Waals surface area contributed by atoms with Crippen LogP contribution in [0.3, 0.4) is 0 Å². The molecule has 2 aliphatic heterocycles. The van der Waals surface area contributed by atoms with Crippen molar-refractivity contribution < 1.29 is 22.7 Å². The highest BCUT2D eigenvalue weighted by atomic mass is 79.9. The van der Waals surface area contributed by atoms with Gasteiger partial charge in [-0.1, -0.05) is 22.9 Å². The predicted octanol–water partition coefficient (Wildman–Crippen LogP) is 3.31. The summed E-state index contributed by atoms with van der Waals surface area (Å²) in [6, 6.07) is 3.55. The Bertz CT molecular complexity index is 811. The topological polar surface area (TPSA) is 72.9 Å². The molecule has 2 heterocycles. The number of nitrogens with zero attached hydrogens (tertiary/aromatic N) is 1. The zero-order valence-corrected chi connectivity index (χ0v) is 18.1. The van der Waals surface area contributed by atoms with Crippen LogP contribution < -0.4 is 9.47 Å². The summed E-state index contributed by atoms with van der Waals surface area (Å²) in [6.07, 6.45) is 3.82. The lowest BCUT2D eigenvalue weighted by molar-refractivity contribution is -0.134. The van der Waals surface area contributed by atoms with E-state index in [4.69, 9.17) is 9.47 Å². The molecule has 0 radical (unpaired) electrons. The third-order valence-electron chi connectivity index (χ3n) is 5.34. The highest BCUT2D eigenvalue weighted by Gasteiger charge is 2.35. The third kappa shape index (κ3) is 4.42. The largest absolute Gasteiger partial charge is 0.486 e. The van der Waals surface area contributed by atoms with E-state index in [0.29, 0.717) is 41.3 Å². The Kier molecular flexibility index (Phi) is 6.35. The minimum absolute atomic E-state index is 0.143. The summed E-state index contributed by atoms with van der Waals surface area (Å²) < 4.78 is 37.6. The van der Waals surface area contributed by atoms with Crippen LogP contribution in [0, 0.1) is 0 Å². The molecule has 2 atom stereocenters. The Labute approximate surface area is 169 Å². The summed E-state index contributed by atoms with van der Waals surface area (Å²) in [5.74, 6) is 0.630. The molecular formula is C19H26BrNO5S. The van der Waals surface area contributed by atoms with E-state index in [2.05, 4.69) is 15.9 Å². The molecule has 0 spiro atoms. The number of fused-ring (bicyclic) bond motifs is 1. The fraction of sp³-hybridized carbons (Fsp3) is 0.632. The number of sulfone groups is 1. The van der Waals surface area contributed by atoms with Gasteiger partial charge in [-0.15, -0.1) is 0 Å². The number of rotatable bonds is 5. The van der Waals surface area contributed by atoms with Crippen molar-refractivity contribution in [2.75, 3.05) is 19.8 Å². The van der Waals surface area contributed by atoms with Gasteiger partial charge in [0.2, 0.25) is 5.91 Å². The number of halogens is 1. The van der Waals surface area contributed by atoms with Crippen LogP contribution in [0.25, 0.3) is 0 Å². The van der Waals surface area contributed by atoms with Crippen molar-refractivity contribution in [3.63, 3.8) is 0 Å². The van der Waals surface area contributed by atoms with E-state index in [-0.39, 0.29) is 17.7 Å². The quantitative estimate of drug-likeness (QED) is 0.674. The predicted molar refractivity (Wildman–Crippen MR) is 107 cm³/mol. The maximum absolute atomic E-state index is 13.0. The van der Waals surface area contributed by atoms with Gasteiger partial charge in [-0.25, -0.2) is 8.42 Å². The van der Waals surface area contributed by atoms with Gasteiger partial charge in [0.15, 0.2) is 21.3 Å². The minimum atomic E-state index is -3.66. The van der Waals surface area contributed by atoms with Crippen molar-refractivity contribution in [1.82, 2.24) is 4.90 Å². The summed E-state index contributed by atoms with van der Waals surface area (Å²) in [5, 5.41) is -1.07. The van der Waals surface area contributed by atoms with Gasteiger partial charge in [0, 0.05) is 17.1 Å². The lowest BCUT2D eigenvalue weighted by Crippen LogP contribution is -2.49. The van der Waals surface area contributed by atoms with Crippen molar-refractivity contribution in [3.8, 4) is 11.5 Å². The molecule has 0 unspecified atom stereocenters. The second-order valence-corrected chi connectivity index (χ2v) is 10.3. The highest BCUT2D eigenvalue weighted by Crippen LogP contribution is 2.36. The first-order chi connectivity index (χ1) is 12.8. The Balaban J connectivity index is 1.78. The molecule has 3 rings (SSSR count). The van der Waals surface area contributed by atoms with Gasteiger partial charge in [-0.2, -0.15) is 0 Å². The van der Waals surface area contributed by atoms with E-state index in [1.165, 1.54) is 6.92 Å². The summed E-state index contributed by atoms with van der Waals surface area (Å²) in [5.41, 5.74) is 0.574. The average Bonchev–Trinajstić information content (AvgIpc) is 2.67. The van der Waals surface area contributed by atoms with Gasteiger partial charge in [-0.05, 0) is 50.3 Å². The Hall–Kier alpha value is -1.28. The molecule has 1 saturated heterocycles. The van der Waals surface area contributed by atoms with Crippen LogP contribution in [0.2, 0.25) is 0 Å². The summed E-state index contributed by atoms with van der Waals surface area (Å²) in [6.45, 7) is 5.09. The van der Waals surface area contributed by atoms with Gasteiger partial charge in [-0.3, -0.25) is 4.79 Å². The monoisotopic (exact) mass is 459 g/mol. The van der Waals surface area contributed by atoms with Gasteiger partial charge in [0.05, 0.1) is 5.75 Å². The SMILES string of the molecule is CC[C@H]1CCCCN1C(=O)[C@H](C)S(=O)(=O)Cc1cc2c(cc1Br)OCCO2. The number of benzene rings is 1. The van der Waals surface area contributed by atoms with Gasteiger partial charge >= 0.3 is 0 Å². The van der Waals surface area contributed by atoms with Crippen LogP contribution in [-0.2, 0) is 20.4 Å². The molecule has 150 valence electrons. The number of amides is 1. The van der Waals surface area contributed by atoms with Gasteiger partial charge in [0.1, 0.15) is 18.5 Å². The van der Waals surface area contributed by atoms with Crippen molar-refractivity contribution in [1.29, 1.82) is 0 Å². The van der Waals surface area contributed by atoms with Gasteiger partial charge in [0.25, 0.3) is 0 Å². The second-order valence-electron chi connectivity index (χ2n) is 7.13. The number of carbonyl (C=O) groups excluding carboxylic acids is 1. The third-order valence-corrected chi connectivity index (χ3v) is 8.07. The molecule has 2 aliphatic rings. The number of carbonyl (C=O) groups is 1. The van der Waals surface area contributed by atoms with Crippen LogP contribution in [0.5, 0.6) is 11.5 Å². The first-order valence-corrected chi connectivity index (χ1v) is 11.9. The number of hydrogen-bond acceptors (Lipinski definition) is 5. The van der Waals surface area contributed by atoms with Crippen molar-refractivity contribution >= 4 is 31.7 Å². The Morgan fingerprint density at radius 1 is 1.26 bits per heavy atom. The minimum Gasteiger partial charge on any atom is -0.486 e. The average molecular weight is 460 g/mol. The smallest absolute Gasteiger partial charge is 0.240 e. The summed E-state index contributed by atoms with van der Waals surface area (Å²) in [7, 11) is -3.66. The molecule has 0 N–H and O–H groups in total. The number of hydrogen-bond donors (Lipinski definition) is 0. The van der Waals surface area contributed by atoms with Crippen molar-refractivity contribution in [2.24, 2.45) is 0 Å². The van der Waals surface area contributed by atoms with Crippen LogP contribution in [-0.4, -0.2) is 50.3 Å². The molecule has 1 aromatic rings. The molecule has 27 heavy (non-hydrogen) atoms. The van der Waals surface area contributed by atoms with E-state index in [0.717, 1.165) is 25.7 Å².